The largest absolute Gasteiger partial charge is 0.495 e. The van der Waals surface area contributed by atoms with Crippen LogP contribution in [0.25, 0.3) is 55.7 Å². The zero-order valence-corrected chi connectivity index (χ0v) is 21.7. The van der Waals surface area contributed by atoms with Crippen molar-refractivity contribution in [3.8, 4) is 45.3 Å². The van der Waals surface area contributed by atoms with Gasteiger partial charge in [-0.25, -0.2) is 9.37 Å². The Morgan fingerprint density at radius 1 is 0.897 bits per heavy atom. The Kier molecular flexibility index (Phi) is 6.37. The van der Waals surface area contributed by atoms with Crippen LogP contribution in [0.15, 0.2) is 67.3 Å². The van der Waals surface area contributed by atoms with Crippen molar-refractivity contribution in [1.82, 2.24) is 35.0 Å². The van der Waals surface area contributed by atoms with E-state index in [0.717, 1.165) is 45.3 Å². The summed E-state index contributed by atoms with van der Waals surface area (Å²) in [6, 6.07) is 12.5. The van der Waals surface area contributed by atoms with E-state index in [-0.39, 0.29) is 5.82 Å². The molecule has 5 heterocycles. The van der Waals surface area contributed by atoms with E-state index in [1.807, 2.05) is 49.3 Å². The van der Waals surface area contributed by atoms with Crippen LogP contribution in [0.1, 0.15) is 0 Å². The summed E-state index contributed by atoms with van der Waals surface area (Å²) in [4.78, 5) is 18.8. The lowest BCUT2D eigenvalue weighted by atomic mass is 10.1. The van der Waals surface area contributed by atoms with E-state index in [1.165, 1.54) is 12.1 Å². The molecule has 5 aromatic heterocycles. The van der Waals surface area contributed by atoms with Crippen LogP contribution in [0.3, 0.4) is 0 Å². The molecule has 9 nitrogen and oxygen atoms in total. The molecule has 0 aliphatic heterocycles. The van der Waals surface area contributed by atoms with Crippen LogP contribution < -0.4 is 9.47 Å². The van der Waals surface area contributed by atoms with Gasteiger partial charge in [0.2, 0.25) is 0 Å². The number of rotatable bonds is 8. The van der Waals surface area contributed by atoms with Gasteiger partial charge in [0, 0.05) is 64.2 Å². The zero-order valence-electron chi connectivity index (χ0n) is 21.7. The van der Waals surface area contributed by atoms with E-state index >= 15 is 0 Å². The average molecular weight is 524 g/mol. The second kappa shape index (κ2) is 10.1. The van der Waals surface area contributed by atoms with Gasteiger partial charge < -0.3 is 19.4 Å². The summed E-state index contributed by atoms with van der Waals surface area (Å²) in [7, 11) is 5.53. The molecule has 0 spiro atoms. The van der Waals surface area contributed by atoms with Crippen molar-refractivity contribution < 1.29 is 13.9 Å². The molecule has 0 unspecified atom stereocenters. The third-order valence-electron chi connectivity index (χ3n) is 6.46. The van der Waals surface area contributed by atoms with Crippen molar-refractivity contribution in [2.24, 2.45) is 0 Å². The maximum Gasteiger partial charge on any atom is 0.181 e. The molecule has 0 amide bonds. The summed E-state index contributed by atoms with van der Waals surface area (Å²) < 4.78 is 25.7. The number of aromatic amines is 2. The van der Waals surface area contributed by atoms with Gasteiger partial charge in [-0.15, -0.1) is 0 Å². The molecule has 6 rings (SSSR count). The van der Waals surface area contributed by atoms with E-state index in [1.54, 1.807) is 31.9 Å². The number of ether oxygens (including phenoxy) is 2. The Hall–Kier alpha value is -4.83. The number of nitrogens with zero attached hydrogens (tertiary/aromatic N) is 5. The van der Waals surface area contributed by atoms with Crippen molar-refractivity contribution >= 4 is 21.9 Å². The second-order valence-corrected chi connectivity index (χ2v) is 9.44. The smallest absolute Gasteiger partial charge is 0.181 e. The minimum Gasteiger partial charge on any atom is -0.495 e. The van der Waals surface area contributed by atoms with Crippen molar-refractivity contribution in [3.05, 3.63) is 73.1 Å². The first-order valence-electron chi connectivity index (χ1n) is 12.4. The van der Waals surface area contributed by atoms with E-state index in [2.05, 4.69) is 30.1 Å². The monoisotopic (exact) mass is 523 g/mol. The van der Waals surface area contributed by atoms with Crippen LogP contribution in [-0.4, -0.2) is 69.4 Å². The maximum atomic E-state index is 14.6. The second-order valence-electron chi connectivity index (χ2n) is 9.44. The number of methoxy groups -OCH3 is 1. The van der Waals surface area contributed by atoms with Gasteiger partial charge in [-0.3, -0.25) is 15.1 Å². The molecule has 0 bridgehead atoms. The van der Waals surface area contributed by atoms with Crippen LogP contribution in [0, 0.1) is 5.82 Å². The third kappa shape index (κ3) is 4.89. The normalized spacial score (nSPS) is 11.5. The van der Waals surface area contributed by atoms with Gasteiger partial charge in [0.25, 0.3) is 0 Å². The molecular formula is C29H26FN7O2. The molecule has 0 saturated carbocycles. The first-order chi connectivity index (χ1) is 19.0. The summed E-state index contributed by atoms with van der Waals surface area (Å²) >= 11 is 0. The molecule has 6 aromatic rings. The third-order valence-corrected chi connectivity index (χ3v) is 6.46. The fraction of sp³-hybridized carbons (Fsp3) is 0.172. The Balaban J connectivity index is 1.40. The minimum absolute atomic E-state index is 0.382. The number of hydrogen-bond acceptors (Lipinski definition) is 7. The summed E-state index contributed by atoms with van der Waals surface area (Å²) in [5, 5.41) is 9.20. The summed E-state index contributed by atoms with van der Waals surface area (Å²) in [6.07, 6.45) is 6.89. The average Bonchev–Trinajstić information content (AvgIpc) is 3.56. The highest BCUT2D eigenvalue weighted by Crippen LogP contribution is 2.35. The van der Waals surface area contributed by atoms with Crippen molar-refractivity contribution in [2.45, 2.75) is 0 Å². The predicted molar refractivity (Wildman–Crippen MR) is 148 cm³/mol. The molecule has 196 valence electrons. The zero-order chi connectivity index (χ0) is 26.9. The number of hydrogen-bond donors (Lipinski definition) is 2. The lowest BCUT2D eigenvalue weighted by Crippen LogP contribution is -2.19. The van der Waals surface area contributed by atoms with Crippen LogP contribution in [0.5, 0.6) is 11.5 Å². The number of pyridine rings is 3. The molecule has 10 heteroatoms. The number of halogens is 1. The lowest BCUT2D eigenvalue weighted by molar-refractivity contribution is 0.260. The standard InChI is InChI=1S/C29H26FN7O2/c1-37(2)6-7-39-21-9-17(8-20(30)12-21)27-23-13-26(34-25(23)4-5-32-27)28-24-11-19(15-33-29(24)36-35-28)18-10-22(38-3)16-31-14-18/h4-5,8-16,34H,6-7H2,1-3H3,(H,33,35,36). The molecular weight excluding hydrogens is 497 g/mol. The maximum absolute atomic E-state index is 14.6. The predicted octanol–water partition coefficient (Wildman–Crippen LogP) is 5.32. The fourth-order valence-corrected chi connectivity index (χ4v) is 4.50. The van der Waals surface area contributed by atoms with Crippen LogP contribution in [0.4, 0.5) is 4.39 Å². The van der Waals surface area contributed by atoms with Crippen molar-refractivity contribution in [2.75, 3.05) is 34.4 Å². The van der Waals surface area contributed by atoms with Gasteiger partial charge in [0.15, 0.2) is 5.65 Å². The molecule has 2 N–H and O–H groups in total. The van der Waals surface area contributed by atoms with Crippen LogP contribution in [0.2, 0.25) is 0 Å². The first-order valence-corrected chi connectivity index (χ1v) is 12.4. The lowest BCUT2D eigenvalue weighted by Gasteiger charge is -2.12. The molecule has 0 aliphatic carbocycles. The van der Waals surface area contributed by atoms with Gasteiger partial charge in [0.1, 0.15) is 23.9 Å². The number of fused-ring (bicyclic) bond motifs is 2. The van der Waals surface area contributed by atoms with E-state index in [0.29, 0.717) is 35.0 Å². The number of H-pyrrole nitrogens is 2. The Morgan fingerprint density at radius 2 is 1.74 bits per heavy atom. The molecule has 0 fully saturated rings. The minimum atomic E-state index is -0.382. The molecule has 1 aromatic carbocycles. The number of likely N-dealkylation sites (N-methyl/N-ethyl adjacent to an activating group) is 1. The molecule has 0 saturated heterocycles. The van der Waals surface area contributed by atoms with Crippen molar-refractivity contribution in [1.29, 1.82) is 0 Å². The van der Waals surface area contributed by atoms with E-state index < -0.39 is 0 Å². The fourth-order valence-electron chi connectivity index (χ4n) is 4.50. The highest BCUT2D eigenvalue weighted by Gasteiger charge is 2.16. The van der Waals surface area contributed by atoms with E-state index in [9.17, 15) is 4.39 Å². The summed E-state index contributed by atoms with van der Waals surface area (Å²) in [6.45, 7) is 1.18. The molecule has 0 atom stereocenters. The Morgan fingerprint density at radius 3 is 2.59 bits per heavy atom. The Labute approximate surface area is 223 Å². The van der Waals surface area contributed by atoms with E-state index in [4.69, 9.17) is 9.47 Å². The number of nitrogens with one attached hydrogen (secondary N) is 2. The number of benzene rings is 1. The van der Waals surface area contributed by atoms with Crippen molar-refractivity contribution in [3.63, 3.8) is 0 Å². The summed E-state index contributed by atoms with van der Waals surface area (Å²) in [5.41, 5.74) is 6.09. The van der Waals surface area contributed by atoms with Crippen LogP contribution in [-0.2, 0) is 0 Å². The molecule has 0 aliphatic rings. The van der Waals surface area contributed by atoms with Gasteiger partial charge in [-0.2, -0.15) is 5.10 Å². The topological polar surface area (TPSA) is 105 Å². The molecule has 39 heavy (non-hydrogen) atoms. The summed E-state index contributed by atoms with van der Waals surface area (Å²) in [5.74, 6) is 0.748. The highest BCUT2D eigenvalue weighted by atomic mass is 19.1. The van der Waals surface area contributed by atoms with Crippen LogP contribution >= 0.6 is 0 Å². The SMILES string of the molecule is COc1cncc(-c2cnc3n[nH]c(-c4cc5c(-c6cc(F)cc(OCCN(C)C)c6)nccc5[nH]4)c3c2)c1. The number of aromatic nitrogens is 6. The highest BCUT2D eigenvalue weighted by molar-refractivity contribution is 6.00. The Bertz CT molecular complexity index is 1790. The molecule has 0 radical (unpaired) electrons. The quantitative estimate of drug-likeness (QED) is 0.278. The van der Waals surface area contributed by atoms with Gasteiger partial charge in [0.05, 0.1) is 30.4 Å². The van der Waals surface area contributed by atoms with Gasteiger partial charge in [-0.05, 0) is 50.5 Å². The van der Waals surface area contributed by atoms with Gasteiger partial charge in [-0.1, -0.05) is 0 Å². The first kappa shape index (κ1) is 24.5. The van der Waals surface area contributed by atoms with Gasteiger partial charge >= 0.3 is 0 Å².